The number of hydrogen-bond acceptors (Lipinski definition) is 5. The standard InChI is InChI=1S/C19H20O5/c1-12-6-5-7-17(13(12)2)23-14(3)18(20)24-16-10-8-15(9-11-16)19(21)22-4/h5-11,14H,1-4H3. The van der Waals surface area contributed by atoms with Crippen molar-refractivity contribution in [1.29, 1.82) is 0 Å². The third kappa shape index (κ3) is 4.13. The minimum atomic E-state index is -0.759. The topological polar surface area (TPSA) is 61.8 Å². The van der Waals surface area contributed by atoms with Crippen LogP contribution in [0.1, 0.15) is 28.4 Å². The molecule has 0 aliphatic heterocycles. The first-order chi connectivity index (χ1) is 11.4. The van der Waals surface area contributed by atoms with Gasteiger partial charge in [-0.2, -0.15) is 0 Å². The van der Waals surface area contributed by atoms with Gasteiger partial charge in [-0.05, 0) is 62.2 Å². The Labute approximate surface area is 141 Å². The largest absolute Gasteiger partial charge is 0.479 e. The zero-order chi connectivity index (χ0) is 17.7. The van der Waals surface area contributed by atoms with E-state index >= 15 is 0 Å². The first kappa shape index (κ1) is 17.5. The van der Waals surface area contributed by atoms with Gasteiger partial charge in [-0.3, -0.25) is 0 Å². The Morgan fingerprint density at radius 1 is 1.00 bits per heavy atom. The predicted octanol–water partition coefficient (Wildman–Crippen LogP) is 3.46. The number of carbonyl (C=O) groups excluding carboxylic acids is 2. The van der Waals surface area contributed by atoms with E-state index in [1.165, 1.54) is 31.4 Å². The molecule has 2 aromatic carbocycles. The molecule has 1 atom stereocenters. The van der Waals surface area contributed by atoms with Gasteiger partial charge in [0.05, 0.1) is 12.7 Å². The van der Waals surface area contributed by atoms with Gasteiger partial charge in [0, 0.05) is 0 Å². The molecule has 0 saturated heterocycles. The molecule has 5 heteroatoms. The van der Waals surface area contributed by atoms with Crippen molar-refractivity contribution in [3.63, 3.8) is 0 Å². The lowest BCUT2D eigenvalue weighted by Crippen LogP contribution is -2.28. The third-order valence-electron chi connectivity index (χ3n) is 3.68. The van der Waals surface area contributed by atoms with Crippen LogP contribution in [0.5, 0.6) is 11.5 Å². The van der Waals surface area contributed by atoms with Gasteiger partial charge in [-0.15, -0.1) is 0 Å². The Hall–Kier alpha value is -2.82. The van der Waals surface area contributed by atoms with Gasteiger partial charge in [-0.1, -0.05) is 12.1 Å². The molecule has 126 valence electrons. The van der Waals surface area contributed by atoms with Crippen LogP contribution in [0.3, 0.4) is 0 Å². The highest BCUT2D eigenvalue weighted by molar-refractivity contribution is 5.89. The van der Waals surface area contributed by atoms with Gasteiger partial charge >= 0.3 is 11.9 Å². The first-order valence-corrected chi connectivity index (χ1v) is 7.55. The van der Waals surface area contributed by atoms with Crippen molar-refractivity contribution >= 4 is 11.9 Å². The van der Waals surface area contributed by atoms with Crippen molar-refractivity contribution in [3.8, 4) is 11.5 Å². The summed E-state index contributed by atoms with van der Waals surface area (Å²) in [6, 6.07) is 11.8. The van der Waals surface area contributed by atoms with E-state index in [9.17, 15) is 9.59 Å². The quantitative estimate of drug-likeness (QED) is 0.621. The number of benzene rings is 2. The molecule has 0 amide bonds. The lowest BCUT2D eigenvalue weighted by molar-refractivity contribution is -0.141. The summed E-state index contributed by atoms with van der Waals surface area (Å²) in [5.41, 5.74) is 2.46. The smallest absolute Gasteiger partial charge is 0.352 e. The normalized spacial score (nSPS) is 11.5. The van der Waals surface area contributed by atoms with Crippen molar-refractivity contribution in [2.45, 2.75) is 26.9 Å². The zero-order valence-corrected chi connectivity index (χ0v) is 14.2. The average molecular weight is 328 g/mol. The van der Waals surface area contributed by atoms with Crippen molar-refractivity contribution < 1.29 is 23.8 Å². The van der Waals surface area contributed by atoms with E-state index in [2.05, 4.69) is 4.74 Å². The highest BCUT2D eigenvalue weighted by Crippen LogP contribution is 2.22. The lowest BCUT2D eigenvalue weighted by atomic mass is 10.1. The molecule has 0 radical (unpaired) electrons. The molecule has 5 nitrogen and oxygen atoms in total. The number of esters is 2. The molecular weight excluding hydrogens is 308 g/mol. The number of carbonyl (C=O) groups is 2. The van der Waals surface area contributed by atoms with Crippen molar-refractivity contribution in [1.82, 2.24) is 0 Å². The Morgan fingerprint density at radius 2 is 1.67 bits per heavy atom. The van der Waals surface area contributed by atoms with Crippen LogP contribution in [0.4, 0.5) is 0 Å². The Morgan fingerprint density at radius 3 is 2.29 bits per heavy atom. The maximum atomic E-state index is 12.1. The maximum Gasteiger partial charge on any atom is 0.352 e. The van der Waals surface area contributed by atoms with Gasteiger partial charge in [0.15, 0.2) is 6.10 Å². The molecule has 24 heavy (non-hydrogen) atoms. The third-order valence-corrected chi connectivity index (χ3v) is 3.68. The second-order valence-electron chi connectivity index (χ2n) is 5.40. The van der Waals surface area contributed by atoms with Gasteiger partial charge < -0.3 is 14.2 Å². The molecule has 0 spiro atoms. The molecule has 0 saturated carbocycles. The molecular formula is C19H20O5. The lowest BCUT2D eigenvalue weighted by Gasteiger charge is -2.16. The van der Waals surface area contributed by atoms with Crippen molar-refractivity contribution in [2.24, 2.45) is 0 Å². The van der Waals surface area contributed by atoms with Gasteiger partial charge in [0.1, 0.15) is 11.5 Å². The van der Waals surface area contributed by atoms with Crippen molar-refractivity contribution in [2.75, 3.05) is 7.11 Å². The predicted molar refractivity (Wildman–Crippen MR) is 89.4 cm³/mol. The zero-order valence-electron chi connectivity index (χ0n) is 14.2. The first-order valence-electron chi connectivity index (χ1n) is 7.55. The number of ether oxygens (including phenoxy) is 3. The number of hydrogen-bond donors (Lipinski definition) is 0. The minimum absolute atomic E-state index is 0.337. The van der Waals surface area contributed by atoms with E-state index in [0.717, 1.165) is 11.1 Å². The van der Waals surface area contributed by atoms with Crippen LogP contribution in [0.15, 0.2) is 42.5 Å². The fourth-order valence-electron chi connectivity index (χ4n) is 2.07. The Balaban J connectivity index is 2.01. The molecule has 0 heterocycles. The Kier molecular flexibility index (Phi) is 5.58. The van der Waals surface area contributed by atoms with Crippen LogP contribution >= 0.6 is 0 Å². The fraction of sp³-hybridized carbons (Fsp3) is 0.263. The molecule has 0 bridgehead atoms. The molecule has 0 N–H and O–H groups in total. The van der Waals surface area contributed by atoms with E-state index < -0.39 is 18.0 Å². The van der Waals surface area contributed by atoms with Gasteiger partial charge in [-0.25, -0.2) is 9.59 Å². The Bertz CT molecular complexity index is 734. The highest BCUT2D eigenvalue weighted by Gasteiger charge is 2.18. The second-order valence-corrected chi connectivity index (χ2v) is 5.40. The number of rotatable bonds is 5. The molecule has 0 fully saturated rings. The average Bonchev–Trinajstić information content (AvgIpc) is 2.58. The number of aryl methyl sites for hydroxylation is 1. The van der Waals surface area contributed by atoms with Gasteiger partial charge in [0.25, 0.3) is 0 Å². The molecule has 2 rings (SSSR count). The van der Waals surface area contributed by atoms with E-state index in [0.29, 0.717) is 17.1 Å². The summed E-state index contributed by atoms with van der Waals surface area (Å²) in [6.45, 7) is 5.55. The van der Waals surface area contributed by atoms with Gasteiger partial charge in [0.2, 0.25) is 0 Å². The summed E-state index contributed by atoms with van der Waals surface area (Å²) in [6.07, 6.45) is -0.759. The van der Waals surface area contributed by atoms with E-state index in [4.69, 9.17) is 9.47 Å². The summed E-state index contributed by atoms with van der Waals surface area (Å²) in [5, 5.41) is 0. The summed E-state index contributed by atoms with van der Waals surface area (Å²) < 4.78 is 15.6. The van der Waals surface area contributed by atoms with Crippen LogP contribution in [0.25, 0.3) is 0 Å². The molecule has 0 aromatic heterocycles. The molecule has 0 aliphatic rings. The minimum Gasteiger partial charge on any atom is -0.479 e. The fourth-order valence-corrected chi connectivity index (χ4v) is 2.07. The SMILES string of the molecule is COC(=O)c1ccc(OC(=O)C(C)Oc2cccc(C)c2C)cc1. The summed E-state index contributed by atoms with van der Waals surface area (Å²) in [5.74, 6) is 0.0331. The van der Waals surface area contributed by atoms with Crippen LogP contribution in [0, 0.1) is 13.8 Å². The summed E-state index contributed by atoms with van der Waals surface area (Å²) in [7, 11) is 1.31. The summed E-state index contributed by atoms with van der Waals surface area (Å²) in [4.78, 5) is 23.5. The van der Waals surface area contributed by atoms with Crippen LogP contribution in [-0.2, 0) is 9.53 Å². The van der Waals surface area contributed by atoms with Crippen molar-refractivity contribution in [3.05, 3.63) is 59.2 Å². The maximum absolute atomic E-state index is 12.1. The second kappa shape index (κ2) is 7.64. The monoisotopic (exact) mass is 328 g/mol. The van der Waals surface area contributed by atoms with Crippen LogP contribution in [0.2, 0.25) is 0 Å². The molecule has 0 aliphatic carbocycles. The van der Waals surface area contributed by atoms with E-state index in [1.807, 2.05) is 32.0 Å². The summed E-state index contributed by atoms with van der Waals surface area (Å²) >= 11 is 0. The molecule has 1 unspecified atom stereocenters. The molecule has 2 aromatic rings. The van der Waals surface area contributed by atoms with E-state index in [1.54, 1.807) is 6.92 Å². The van der Waals surface area contributed by atoms with E-state index in [-0.39, 0.29) is 0 Å². The van der Waals surface area contributed by atoms with Crippen LogP contribution in [-0.4, -0.2) is 25.2 Å². The highest BCUT2D eigenvalue weighted by atomic mass is 16.6. The van der Waals surface area contributed by atoms with Crippen LogP contribution < -0.4 is 9.47 Å². The number of methoxy groups -OCH3 is 1.